The fourth-order valence-electron chi connectivity index (χ4n) is 1.66. The quantitative estimate of drug-likeness (QED) is 0.291. The van der Waals surface area contributed by atoms with Gasteiger partial charge in [0.1, 0.15) is 11.7 Å². The molecule has 0 saturated carbocycles. The van der Waals surface area contributed by atoms with Gasteiger partial charge in [-0.15, -0.1) is 11.8 Å². The van der Waals surface area contributed by atoms with Crippen LogP contribution >= 0.6 is 11.8 Å². The average Bonchev–Trinajstić information content (AvgIpc) is 2.46. The number of nitrogens with zero attached hydrogens (tertiary/aromatic N) is 1. The third kappa shape index (κ3) is 3.79. The monoisotopic (exact) mass is 305 g/mol. The number of thioether (sulfide) groups is 1. The van der Waals surface area contributed by atoms with Crippen LogP contribution in [0.4, 0.5) is 10.1 Å². The molecular weight excluding hydrogens is 293 g/mol. The summed E-state index contributed by atoms with van der Waals surface area (Å²) in [5.74, 6) is -0.206. The van der Waals surface area contributed by atoms with Crippen molar-refractivity contribution in [2.45, 2.75) is 10.6 Å². The van der Waals surface area contributed by atoms with Crippen molar-refractivity contribution in [3.63, 3.8) is 0 Å². The Morgan fingerprint density at radius 1 is 1.29 bits per heavy atom. The Bertz CT molecular complexity index is 689. The van der Waals surface area contributed by atoms with Gasteiger partial charge in [0.2, 0.25) is 0 Å². The maximum Gasteiger partial charge on any atom is 0.269 e. The first kappa shape index (κ1) is 15.0. The van der Waals surface area contributed by atoms with E-state index in [1.807, 2.05) is 0 Å². The summed E-state index contributed by atoms with van der Waals surface area (Å²) in [6.45, 7) is 0. The van der Waals surface area contributed by atoms with Crippen LogP contribution in [0.1, 0.15) is 11.1 Å². The van der Waals surface area contributed by atoms with E-state index in [1.54, 1.807) is 24.3 Å². The lowest BCUT2D eigenvalue weighted by atomic mass is 10.1. The maximum absolute atomic E-state index is 13.8. The predicted molar refractivity (Wildman–Crippen MR) is 80.1 cm³/mol. The summed E-state index contributed by atoms with van der Waals surface area (Å²) >= 11 is 1.37. The first-order valence-corrected chi connectivity index (χ1v) is 6.96. The summed E-state index contributed by atoms with van der Waals surface area (Å²) in [4.78, 5) is 10.9. The van der Waals surface area contributed by atoms with Crippen molar-refractivity contribution < 1.29 is 9.31 Å². The van der Waals surface area contributed by atoms with Crippen LogP contribution in [0, 0.1) is 21.3 Å². The molecule has 0 bridgehead atoms. The summed E-state index contributed by atoms with van der Waals surface area (Å²) in [7, 11) is 0. The molecule has 3 N–H and O–H groups in total. The van der Waals surface area contributed by atoms with Gasteiger partial charge >= 0.3 is 0 Å². The topological polar surface area (TPSA) is 93.0 Å². The Morgan fingerprint density at radius 2 is 1.95 bits per heavy atom. The second-order valence-electron chi connectivity index (χ2n) is 4.26. The Hall–Kier alpha value is -2.41. The number of benzene rings is 2. The fourth-order valence-corrected chi connectivity index (χ4v) is 2.54. The first-order valence-electron chi connectivity index (χ1n) is 5.97. The van der Waals surface area contributed by atoms with Gasteiger partial charge in [-0.2, -0.15) is 0 Å². The normalized spacial score (nSPS) is 10.3. The molecule has 21 heavy (non-hydrogen) atoms. The van der Waals surface area contributed by atoms with E-state index in [9.17, 15) is 14.5 Å². The number of halogens is 1. The van der Waals surface area contributed by atoms with Gasteiger partial charge in [-0.3, -0.25) is 15.5 Å². The second kappa shape index (κ2) is 6.36. The summed E-state index contributed by atoms with van der Waals surface area (Å²) < 4.78 is 13.8. The van der Waals surface area contributed by atoms with E-state index < -0.39 is 10.7 Å². The average molecular weight is 305 g/mol. The number of nitrogens with two attached hydrogens (primary N) is 1. The molecule has 0 amide bonds. The van der Waals surface area contributed by atoms with Gasteiger partial charge in [0.05, 0.1) is 4.92 Å². The van der Waals surface area contributed by atoms with Crippen LogP contribution < -0.4 is 5.73 Å². The van der Waals surface area contributed by atoms with Crippen LogP contribution in [0.3, 0.4) is 0 Å². The van der Waals surface area contributed by atoms with Crippen molar-refractivity contribution >= 4 is 23.3 Å². The van der Waals surface area contributed by atoms with Crippen molar-refractivity contribution in [1.29, 1.82) is 5.41 Å². The highest BCUT2D eigenvalue weighted by atomic mass is 32.2. The minimum atomic E-state index is -0.464. The molecule has 0 heterocycles. The van der Waals surface area contributed by atoms with Crippen molar-refractivity contribution in [3.8, 4) is 0 Å². The molecule has 0 spiro atoms. The van der Waals surface area contributed by atoms with Gasteiger partial charge in [-0.25, -0.2) is 4.39 Å². The van der Waals surface area contributed by atoms with E-state index in [0.717, 1.165) is 4.90 Å². The van der Waals surface area contributed by atoms with E-state index in [2.05, 4.69) is 0 Å². The largest absolute Gasteiger partial charge is 0.384 e. The Balaban J connectivity index is 2.06. The minimum Gasteiger partial charge on any atom is -0.384 e. The maximum atomic E-state index is 13.8. The lowest BCUT2D eigenvalue weighted by Crippen LogP contribution is -2.11. The molecule has 5 nitrogen and oxygen atoms in total. The zero-order valence-corrected chi connectivity index (χ0v) is 11.7. The highest BCUT2D eigenvalue weighted by Crippen LogP contribution is 2.26. The van der Waals surface area contributed by atoms with Gasteiger partial charge in [0, 0.05) is 28.3 Å². The molecule has 7 heteroatoms. The number of nitrogen functional groups attached to an aromatic ring is 1. The number of rotatable bonds is 5. The molecule has 0 aliphatic rings. The van der Waals surface area contributed by atoms with Crippen LogP contribution in [-0.4, -0.2) is 10.8 Å². The molecule has 2 aromatic carbocycles. The number of hydrogen-bond acceptors (Lipinski definition) is 4. The molecule has 108 valence electrons. The molecule has 0 atom stereocenters. The van der Waals surface area contributed by atoms with Crippen molar-refractivity contribution in [1.82, 2.24) is 0 Å². The first-order chi connectivity index (χ1) is 9.97. The van der Waals surface area contributed by atoms with Crippen molar-refractivity contribution in [2.75, 3.05) is 0 Å². The number of hydrogen-bond donors (Lipinski definition) is 2. The zero-order chi connectivity index (χ0) is 15.4. The van der Waals surface area contributed by atoms with Gasteiger partial charge in [0.15, 0.2) is 0 Å². The molecular formula is C14H12FN3O2S. The van der Waals surface area contributed by atoms with Gasteiger partial charge in [0.25, 0.3) is 5.69 Å². The molecule has 0 radical (unpaired) electrons. The van der Waals surface area contributed by atoms with Crippen LogP contribution in [0.25, 0.3) is 0 Å². The third-order valence-electron chi connectivity index (χ3n) is 2.81. The zero-order valence-electron chi connectivity index (χ0n) is 10.9. The molecule has 2 aromatic rings. The summed E-state index contributed by atoms with van der Waals surface area (Å²) in [6.07, 6.45) is 0. The fraction of sp³-hybridized carbons (Fsp3) is 0.0714. The SMILES string of the molecule is N=C(N)c1ccc(CSc2ccc([N+](=O)[O-])cc2)c(F)c1. The van der Waals surface area contributed by atoms with E-state index >= 15 is 0 Å². The summed E-state index contributed by atoms with van der Waals surface area (Å²) in [6, 6.07) is 10.5. The number of non-ortho nitro benzene ring substituents is 1. The molecule has 0 aliphatic carbocycles. The van der Waals surface area contributed by atoms with E-state index in [-0.39, 0.29) is 11.5 Å². The number of amidine groups is 1. The van der Waals surface area contributed by atoms with Crippen molar-refractivity contribution in [3.05, 3.63) is 69.5 Å². The third-order valence-corrected chi connectivity index (χ3v) is 3.87. The Kier molecular flexibility index (Phi) is 4.54. The van der Waals surface area contributed by atoms with Crippen LogP contribution in [0.15, 0.2) is 47.4 Å². The highest BCUT2D eigenvalue weighted by molar-refractivity contribution is 7.98. The molecule has 0 aliphatic heterocycles. The Labute approximate surface area is 124 Å². The molecule has 0 saturated heterocycles. The predicted octanol–water partition coefficient (Wildman–Crippen LogP) is 3.31. The number of nitro benzene ring substituents is 1. The van der Waals surface area contributed by atoms with Gasteiger partial charge < -0.3 is 5.73 Å². The smallest absolute Gasteiger partial charge is 0.269 e. The number of nitro groups is 1. The van der Waals surface area contributed by atoms with E-state index in [1.165, 1.54) is 30.0 Å². The Morgan fingerprint density at radius 3 is 2.48 bits per heavy atom. The lowest BCUT2D eigenvalue weighted by Gasteiger charge is -2.05. The van der Waals surface area contributed by atoms with E-state index in [0.29, 0.717) is 16.9 Å². The summed E-state index contributed by atoms with van der Waals surface area (Å²) in [5.41, 5.74) is 6.15. The second-order valence-corrected chi connectivity index (χ2v) is 5.31. The standard InChI is InChI=1S/C14H12FN3O2S/c15-13-7-9(14(16)17)1-2-10(13)8-21-12-5-3-11(4-6-12)18(19)20/h1-7H,8H2,(H3,16,17). The van der Waals surface area contributed by atoms with Crippen LogP contribution in [0.2, 0.25) is 0 Å². The molecule has 0 unspecified atom stereocenters. The molecule has 0 fully saturated rings. The van der Waals surface area contributed by atoms with Crippen LogP contribution in [0.5, 0.6) is 0 Å². The van der Waals surface area contributed by atoms with Crippen molar-refractivity contribution in [2.24, 2.45) is 5.73 Å². The van der Waals surface area contributed by atoms with E-state index in [4.69, 9.17) is 11.1 Å². The van der Waals surface area contributed by atoms with Crippen LogP contribution in [-0.2, 0) is 5.75 Å². The number of nitrogens with one attached hydrogen (secondary N) is 1. The minimum absolute atomic E-state index is 0.0244. The summed E-state index contributed by atoms with van der Waals surface area (Å²) in [5, 5.41) is 17.8. The molecule has 2 rings (SSSR count). The highest BCUT2D eigenvalue weighted by Gasteiger charge is 2.08. The van der Waals surface area contributed by atoms with Gasteiger partial charge in [-0.05, 0) is 23.8 Å². The van der Waals surface area contributed by atoms with Gasteiger partial charge in [-0.1, -0.05) is 12.1 Å². The molecule has 0 aromatic heterocycles. The lowest BCUT2D eigenvalue weighted by molar-refractivity contribution is -0.384.